The molecular formula is C17H21NO4. The van der Waals surface area contributed by atoms with Crippen LogP contribution in [-0.4, -0.2) is 37.5 Å². The number of rotatable bonds is 6. The molecule has 0 amide bonds. The minimum atomic E-state index is -0.0231. The zero-order valence-electron chi connectivity index (χ0n) is 12.7. The first-order valence-electron chi connectivity index (χ1n) is 7.66. The van der Waals surface area contributed by atoms with E-state index in [-0.39, 0.29) is 12.0 Å². The second kappa shape index (κ2) is 7.31. The standard InChI is InChI=1S/C17H21NO4/c1-2-19-11-15-12-21-16-6-5-13(8-17(16)22-15)10-20-14-4-3-7-18-9-14/h3-7,9,13,15H,2,8,10-12H2,1H3. The van der Waals surface area contributed by atoms with Gasteiger partial charge in [-0.05, 0) is 25.1 Å². The summed E-state index contributed by atoms with van der Waals surface area (Å²) in [5.74, 6) is 2.79. The summed E-state index contributed by atoms with van der Waals surface area (Å²) in [4.78, 5) is 4.04. The summed E-state index contributed by atoms with van der Waals surface area (Å²) in [6.45, 7) is 4.36. The molecule has 1 aliphatic carbocycles. The van der Waals surface area contributed by atoms with E-state index in [4.69, 9.17) is 18.9 Å². The van der Waals surface area contributed by atoms with Crippen molar-refractivity contribution in [2.45, 2.75) is 19.4 Å². The number of hydrogen-bond acceptors (Lipinski definition) is 5. The average molecular weight is 303 g/mol. The molecule has 0 aromatic carbocycles. The maximum Gasteiger partial charge on any atom is 0.156 e. The fourth-order valence-electron chi connectivity index (χ4n) is 2.46. The Morgan fingerprint density at radius 2 is 2.32 bits per heavy atom. The van der Waals surface area contributed by atoms with E-state index in [1.807, 2.05) is 25.1 Å². The molecule has 2 unspecified atom stereocenters. The molecule has 0 bridgehead atoms. The molecule has 22 heavy (non-hydrogen) atoms. The summed E-state index contributed by atoms with van der Waals surface area (Å²) in [6.07, 6.45) is 8.31. The molecule has 0 spiro atoms. The van der Waals surface area contributed by atoms with Gasteiger partial charge >= 0.3 is 0 Å². The van der Waals surface area contributed by atoms with Crippen LogP contribution < -0.4 is 4.74 Å². The highest BCUT2D eigenvalue weighted by Crippen LogP contribution is 2.30. The van der Waals surface area contributed by atoms with E-state index >= 15 is 0 Å². The van der Waals surface area contributed by atoms with Gasteiger partial charge in [0, 0.05) is 25.1 Å². The van der Waals surface area contributed by atoms with Crippen LogP contribution in [0.15, 0.2) is 48.2 Å². The van der Waals surface area contributed by atoms with Crippen molar-refractivity contribution in [3.8, 4) is 5.75 Å². The van der Waals surface area contributed by atoms with Crippen molar-refractivity contribution in [2.75, 3.05) is 26.4 Å². The first kappa shape index (κ1) is 14.9. The van der Waals surface area contributed by atoms with Gasteiger partial charge in [-0.3, -0.25) is 4.98 Å². The van der Waals surface area contributed by atoms with Gasteiger partial charge in [-0.15, -0.1) is 0 Å². The van der Waals surface area contributed by atoms with Crippen LogP contribution in [-0.2, 0) is 14.2 Å². The lowest BCUT2D eigenvalue weighted by Crippen LogP contribution is -2.31. The molecule has 0 N–H and O–H groups in total. The molecule has 0 radical (unpaired) electrons. The Morgan fingerprint density at radius 3 is 3.14 bits per heavy atom. The van der Waals surface area contributed by atoms with E-state index in [9.17, 15) is 0 Å². The van der Waals surface area contributed by atoms with Crippen molar-refractivity contribution in [3.63, 3.8) is 0 Å². The van der Waals surface area contributed by atoms with Gasteiger partial charge in [0.2, 0.25) is 0 Å². The molecule has 5 nitrogen and oxygen atoms in total. The Balaban J connectivity index is 1.52. The number of hydrogen-bond donors (Lipinski definition) is 0. The molecule has 118 valence electrons. The Bertz CT molecular complexity index is 541. The van der Waals surface area contributed by atoms with Gasteiger partial charge in [-0.1, -0.05) is 6.08 Å². The lowest BCUT2D eigenvalue weighted by molar-refractivity contribution is -0.0509. The lowest BCUT2D eigenvalue weighted by atomic mass is 9.98. The molecule has 0 saturated carbocycles. The highest BCUT2D eigenvalue weighted by Gasteiger charge is 2.27. The predicted molar refractivity (Wildman–Crippen MR) is 81.3 cm³/mol. The summed E-state index contributed by atoms with van der Waals surface area (Å²) >= 11 is 0. The van der Waals surface area contributed by atoms with Crippen LogP contribution in [0.3, 0.4) is 0 Å². The number of nitrogens with zero attached hydrogens (tertiary/aromatic N) is 1. The third-order valence-corrected chi connectivity index (χ3v) is 3.58. The topological polar surface area (TPSA) is 49.8 Å². The number of pyridine rings is 1. The third kappa shape index (κ3) is 3.80. The average Bonchev–Trinajstić information content (AvgIpc) is 2.58. The number of allylic oxidation sites excluding steroid dienone is 2. The predicted octanol–water partition coefficient (Wildman–Crippen LogP) is 2.70. The Morgan fingerprint density at radius 1 is 1.36 bits per heavy atom. The first-order valence-corrected chi connectivity index (χ1v) is 7.66. The summed E-state index contributed by atoms with van der Waals surface area (Å²) in [5, 5.41) is 0. The maximum atomic E-state index is 5.99. The fraction of sp³-hybridized carbons (Fsp3) is 0.471. The van der Waals surface area contributed by atoms with Gasteiger partial charge in [0.25, 0.3) is 0 Å². The van der Waals surface area contributed by atoms with Gasteiger partial charge in [0.05, 0.1) is 19.4 Å². The second-order valence-corrected chi connectivity index (χ2v) is 5.32. The normalized spacial score (nSPS) is 23.5. The highest BCUT2D eigenvalue weighted by atomic mass is 16.6. The Labute approximate surface area is 130 Å². The minimum absolute atomic E-state index is 0.0231. The van der Waals surface area contributed by atoms with E-state index in [0.29, 0.717) is 26.4 Å². The van der Waals surface area contributed by atoms with Gasteiger partial charge in [-0.2, -0.15) is 0 Å². The molecule has 1 aromatic heterocycles. The highest BCUT2D eigenvalue weighted by molar-refractivity contribution is 5.24. The van der Waals surface area contributed by atoms with E-state index in [2.05, 4.69) is 11.1 Å². The quantitative estimate of drug-likeness (QED) is 0.808. The van der Waals surface area contributed by atoms with Gasteiger partial charge in [0.15, 0.2) is 11.9 Å². The van der Waals surface area contributed by atoms with Crippen LogP contribution >= 0.6 is 0 Å². The molecule has 3 rings (SSSR count). The van der Waals surface area contributed by atoms with Crippen LogP contribution in [0.25, 0.3) is 0 Å². The van der Waals surface area contributed by atoms with Crippen LogP contribution in [0.4, 0.5) is 0 Å². The maximum absolute atomic E-state index is 5.99. The number of ether oxygens (including phenoxy) is 4. The molecule has 1 aromatic rings. The SMILES string of the molecule is CCOCC1COC2=C(CC(COc3cccnc3)C=C2)O1. The molecule has 0 saturated heterocycles. The van der Waals surface area contributed by atoms with E-state index in [1.54, 1.807) is 12.4 Å². The smallest absolute Gasteiger partial charge is 0.156 e. The fourth-order valence-corrected chi connectivity index (χ4v) is 2.46. The molecule has 0 fully saturated rings. The van der Waals surface area contributed by atoms with E-state index in [0.717, 1.165) is 23.7 Å². The van der Waals surface area contributed by atoms with Crippen LogP contribution in [0.5, 0.6) is 5.75 Å². The molecule has 2 atom stereocenters. The van der Waals surface area contributed by atoms with Crippen molar-refractivity contribution in [1.82, 2.24) is 4.98 Å². The van der Waals surface area contributed by atoms with Crippen molar-refractivity contribution >= 4 is 0 Å². The summed E-state index contributed by atoms with van der Waals surface area (Å²) in [7, 11) is 0. The van der Waals surface area contributed by atoms with E-state index < -0.39 is 0 Å². The summed E-state index contributed by atoms with van der Waals surface area (Å²) in [6, 6.07) is 3.77. The molecule has 5 heteroatoms. The van der Waals surface area contributed by atoms with Gasteiger partial charge in [0.1, 0.15) is 18.1 Å². The van der Waals surface area contributed by atoms with Gasteiger partial charge < -0.3 is 18.9 Å². The van der Waals surface area contributed by atoms with Gasteiger partial charge in [-0.25, -0.2) is 0 Å². The zero-order chi connectivity index (χ0) is 15.2. The number of aromatic nitrogens is 1. The first-order chi connectivity index (χ1) is 10.8. The molecule has 2 aliphatic rings. The largest absolute Gasteiger partial charge is 0.491 e. The van der Waals surface area contributed by atoms with Crippen molar-refractivity contribution in [2.24, 2.45) is 5.92 Å². The monoisotopic (exact) mass is 303 g/mol. The van der Waals surface area contributed by atoms with Crippen molar-refractivity contribution in [3.05, 3.63) is 48.2 Å². The molecule has 2 heterocycles. The third-order valence-electron chi connectivity index (χ3n) is 3.58. The Kier molecular flexibility index (Phi) is 4.96. The van der Waals surface area contributed by atoms with Crippen LogP contribution in [0.1, 0.15) is 13.3 Å². The summed E-state index contributed by atoms with van der Waals surface area (Å²) in [5.41, 5.74) is 0. The Hall–Kier alpha value is -2.01. The second-order valence-electron chi connectivity index (χ2n) is 5.32. The summed E-state index contributed by atoms with van der Waals surface area (Å²) < 4.78 is 22.9. The van der Waals surface area contributed by atoms with Crippen molar-refractivity contribution in [1.29, 1.82) is 0 Å². The van der Waals surface area contributed by atoms with Crippen molar-refractivity contribution < 1.29 is 18.9 Å². The lowest BCUT2D eigenvalue weighted by Gasteiger charge is -2.31. The molecule has 1 aliphatic heterocycles. The zero-order valence-corrected chi connectivity index (χ0v) is 12.7. The minimum Gasteiger partial charge on any atom is -0.491 e. The van der Waals surface area contributed by atoms with Crippen LogP contribution in [0.2, 0.25) is 0 Å². The molecular weight excluding hydrogens is 282 g/mol. The van der Waals surface area contributed by atoms with Crippen LogP contribution in [0, 0.1) is 5.92 Å². The van der Waals surface area contributed by atoms with E-state index in [1.165, 1.54) is 0 Å².